The van der Waals surface area contributed by atoms with Crippen molar-refractivity contribution in [1.29, 1.82) is 0 Å². The number of aryl methyl sites for hydroxylation is 2. The average Bonchev–Trinajstić information content (AvgIpc) is 3.50. The number of hydrogen-bond donors (Lipinski definition) is 2. The zero-order chi connectivity index (χ0) is 20.5. The van der Waals surface area contributed by atoms with Gasteiger partial charge in [-0.05, 0) is 31.7 Å². The topological polar surface area (TPSA) is 84.6 Å². The lowest BCUT2D eigenvalue weighted by atomic mass is 9.93. The maximum atomic E-state index is 12.7. The Hall–Kier alpha value is -2.16. The van der Waals surface area contributed by atoms with E-state index in [0.717, 1.165) is 94.1 Å². The molecule has 5 rings (SSSR count). The lowest BCUT2D eigenvalue weighted by molar-refractivity contribution is 0.0833. The number of ether oxygens (including phenoxy) is 1. The van der Waals surface area contributed by atoms with E-state index in [2.05, 4.69) is 26.4 Å². The Bertz CT molecular complexity index is 906. The molecular weight excluding hydrogens is 382 g/mol. The monoisotopic (exact) mass is 413 g/mol. The number of piperazine rings is 1. The fourth-order valence-electron chi connectivity index (χ4n) is 4.77. The van der Waals surface area contributed by atoms with Gasteiger partial charge < -0.3 is 19.8 Å². The maximum Gasteiger partial charge on any atom is 0.287 e. The highest BCUT2D eigenvalue weighted by Crippen LogP contribution is 2.38. The highest BCUT2D eigenvalue weighted by atomic mass is 16.5. The number of nitrogens with zero attached hydrogens (tertiary/aromatic N) is 3. The van der Waals surface area contributed by atoms with E-state index in [4.69, 9.17) is 14.3 Å². The molecule has 4 heterocycles. The Morgan fingerprint density at radius 1 is 1.30 bits per heavy atom. The van der Waals surface area contributed by atoms with Gasteiger partial charge in [0.2, 0.25) is 0 Å². The lowest BCUT2D eigenvalue weighted by Crippen LogP contribution is -2.44. The van der Waals surface area contributed by atoms with Crippen molar-refractivity contribution >= 4 is 5.91 Å². The van der Waals surface area contributed by atoms with Crippen LogP contribution in [0.15, 0.2) is 10.6 Å². The van der Waals surface area contributed by atoms with Crippen LogP contribution in [0.1, 0.15) is 40.3 Å². The van der Waals surface area contributed by atoms with Crippen molar-refractivity contribution in [2.24, 2.45) is 0 Å². The molecule has 3 aliphatic rings. The second-order valence-electron chi connectivity index (χ2n) is 8.56. The van der Waals surface area contributed by atoms with E-state index in [1.165, 1.54) is 5.56 Å². The summed E-state index contributed by atoms with van der Waals surface area (Å²) in [4.78, 5) is 15.2. The van der Waals surface area contributed by atoms with Gasteiger partial charge in [-0.3, -0.25) is 14.4 Å². The number of hydrogen-bond acceptors (Lipinski definition) is 6. The second-order valence-corrected chi connectivity index (χ2v) is 8.56. The van der Waals surface area contributed by atoms with Gasteiger partial charge >= 0.3 is 0 Å². The molecule has 1 unspecified atom stereocenters. The van der Waals surface area contributed by atoms with Crippen molar-refractivity contribution in [1.82, 2.24) is 25.3 Å². The van der Waals surface area contributed by atoms with Crippen LogP contribution in [0.4, 0.5) is 0 Å². The van der Waals surface area contributed by atoms with Crippen LogP contribution < -0.4 is 10.6 Å². The molecule has 1 aliphatic carbocycles. The zero-order valence-corrected chi connectivity index (χ0v) is 17.7. The third-order valence-electron chi connectivity index (χ3n) is 6.49. The minimum atomic E-state index is -0.155. The van der Waals surface area contributed by atoms with Crippen LogP contribution in [0.5, 0.6) is 0 Å². The van der Waals surface area contributed by atoms with Gasteiger partial charge in [-0.2, -0.15) is 5.10 Å². The highest BCUT2D eigenvalue weighted by Gasteiger charge is 2.30. The molecule has 1 amide bonds. The maximum absolute atomic E-state index is 12.7. The Kier molecular flexibility index (Phi) is 5.62. The number of fused-ring (bicyclic) bond motifs is 3. The Balaban J connectivity index is 1.30. The number of nitrogens with one attached hydrogen (secondary N) is 2. The summed E-state index contributed by atoms with van der Waals surface area (Å²) >= 11 is 0. The number of amides is 1. The molecule has 30 heavy (non-hydrogen) atoms. The summed E-state index contributed by atoms with van der Waals surface area (Å²) in [6.45, 7) is 9.50. The van der Waals surface area contributed by atoms with Crippen LogP contribution in [-0.2, 0) is 24.1 Å². The molecule has 0 aromatic carbocycles. The van der Waals surface area contributed by atoms with Crippen LogP contribution >= 0.6 is 0 Å². The van der Waals surface area contributed by atoms with Gasteiger partial charge in [0.15, 0.2) is 5.76 Å². The van der Waals surface area contributed by atoms with Gasteiger partial charge in [0.1, 0.15) is 5.76 Å². The number of carbonyl (C=O) groups is 1. The molecule has 2 aromatic rings. The molecule has 8 heteroatoms. The summed E-state index contributed by atoms with van der Waals surface area (Å²) in [5.74, 6) is 1.15. The fourth-order valence-corrected chi connectivity index (χ4v) is 4.77. The van der Waals surface area contributed by atoms with Gasteiger partial charge in [-0.15, -0.1) is 0 Å². The van der Waals surface area contributed by atoms with Crippen molar-refractivity contribution in [3.05, 3.63) is 28.8 Å². The summed E-state index contributed by atoms with van der Waals surface area (Å²) in [5.41, 5.74) is 4.14. The molecule has 0 spiro atoms. The summed E-state index contributed by atoms with van der Waals surface area (Å²) in [5, 5.41) is 11.3. The smallest absolute Gasteiger partial charge is 0.287 e. The highest BCUT2D eigenvalue weighted by molar-refractivity contribution is 5.95. The first-order chi connectivity index (χ1) is 14.7. The third-order valence-corrected chi connectivity index (χ3v) is 6.49. The average molecular weight is 414 g/mol. The van der Waals surface area contributed by atoms with Gasteiger partial charge in [-0.25, -0.2) is 0 Å². The van der Waals surface area contributed by atoms with E-state index in [1.54, 1.807) is 0 Å². The van der Waals surface area contributed by atoms with Crippen molar-refractivity contribution in [2.75, 3.05) is 45.9 Å². The van der Waals surface area contributed by atoms with E-state index < -0.39 is 0 Å². The normalized spacial score (nSPS) is 21.4. The van der Waals surface area contributed by atoms with E-state index in [9.17, 15) is 4.79 Å². The van der Waals surface area contributed by atoms with Gasteiger partial charge in [0.25, 0.3) is 5.91 Å². The van der Waals surface area contributed by atoms with E-state index in [0.29, 0.717) is 12.3 Å². The van der Waals surface area contributed by atoms with Crippen LogP contribution in [0, 0.1) is 6.92 Å². The molecule has 0 radical (unpaired) electrons. The molecule has 2 aliphatic heterocycles. The first-order valence-electron chi connectivity index (χ1n) is 11.2. The molecule has 2 saturated heterocycles. The molecule has 2 N–H and O–H groups in total. The summed E-state index contributed by atoms with van der Waals surface area (Å²) in [6.07, 6.45) is 6.07. The number of rotatable bonds is 6. The van der Waals surface area contributed by atoms with E-state index in [-0.39, 0.29) is 12.0 Å². The summed E-state index contributed by atoms with van der Waals surface area (Å²) < 4.78 is 13.7. The minimum Gasteiger partial charge on any atom is -0.455 e. The minimum absolute atomic E-state index is 0.122. The predicted molar refractivity (Wildman–Crippen MR) is 113 cm³/mol. The molecule has 1 atom stereocenters. The molecule has 0 saturated carbocycles. The van der Waals surface area contributed by atoms with Crippen LogP contribution in [0.2, 0.25) is 0 Å². The van der Waals surface area contributed by atoms with Crippen molar-refractivity contribution in [3.8, 4) is 11.3 Å². The Labute approximate surface area is 176 Å². The largest absolute Gasteiger partial charge is 0.455 e. The molecule has 8 nitrogen and oxygen atoms in total. The number of aromatic nitrogens is 2. The van der Waals surface area contributed by atoms with Gasteiger partial charge in [-0.1, -0.05) is 0 Å². The third kappa shape index (κ3) is 3.91. The molecule has 0 bridgehead atoms. The van der Waals surface area contributed by atoms with Gasteiger partial charge in [0.05, 0.1) is 18.3 Å². The van der Waals surface area contributed by atoms with E-state index in [1.807, 2.05) is 6.92 Å². The SMILES string of the molecule is Cc1c(C(=O)NCC2CCCO2)oc2c1-c1nn(CCN3CCNCC3)cc1CC2. The van der Waals surface area contributed by atoms with Crippen LogP contribution in [0.3, 0.4) is 0 Å². The number of furan rings is 1. The summed E-state index contributed by atoms with van der Waals surface area (Å²) in [7, 11) is 0. The first kappa shape index (κ1) is 19.8. The zero-order valence-electron chi connectivity index (χ0n) is 17.7. The number of carbonyl (C=O) groups excluding carboxylic acids is 1. The van der Waals surface area contributed by atoms with Crippen LogP contribution in [-0.4, -0.2) is 72.6 Å². The quantitative estimate of drug-likeness (QED) is 0.744. The standard InChI is InChI=1S/C22H31N5O3/c1-15-19-18(30-21(15)22(28)24-13-17-3-2-12-29-17)5-4-16-14-27(25-20(16)19)11-10-26-8-6-23-7-9-26/h14,17,23H,2-13H2,1H3,(H,24,28). The Morgan fingerprint density at radius 2 is 2.17 bits per heavy atom. The van der Waals surface area contributed by atoms with Crippen molar-refractivity contribution in [3.63, 3.8) is 0 Å². The second kappa shape index (κ2) is 8.53. The molecular formula is C22H31N5O3. The van der Waals surface area contributed by atoms with E-state index >= 15 is 0 Å². The summed E-state index contributed by atoms with van der Waals surface area (Å²) in [6, 6.07) is 0. The fraction of sp³-hybridized carbons (Fsp3) is 0.636. The molecule has 2 fully saturated rings. The molecule has 2 aromatic heterocycles. The van der Waals surface area contributed by atoms with Crippen molar-refractivity contribution < 1.29 is 13.9 Å². The lowest BCUT2D eigenvalue weighted by Gasteiger charge is -2.26. The first-order valence-corrected chi connectivity index (χ1v) is 11.2. The Morgan fingerprint density at radius 3 is 2.97 bits per heavy atom. The van der Waals surface area contributed by atoms with Crippen LogP contribution in [0.25, 0.3) is 11.3 Å². The molecule has 162 valence electrons. The predicted octanol–water partition coefficient (Wildman–Crippen LogP) is 1.36. The van der Waals surface area contributed by atoms with Crippen molar-refractivity contribution in [2.45, 2.75) is 45.3 Å². The van der Waals surface area contributed by atoms with Gasteiger partial charge in [0, 0.05) is 69.6 Å².